The maximum Gasteiger partial charge on any atom is 0.168 e. The number of hydrogen-bond donors (Lipinski definition) is 3. The SMILES string of the molecule is C=c1cc(O)c(=C)c(O)c1O. The van der Waals surface area contributed by atoms with E-state index < -0.39 is 5.75 Å². The van der Waals surface area contributed by atoms with E-state index in [2.05, 4.69) is 13.2 Å². The smallest absolute Gasteiger partial charge is 0.168 e. The Kier molecular flexibility index (Phi) is 1.49. The molecule has 0 aliphatic heterocycles. The fourth-order valence-electron chi connectivity index (χ4n) is 0.737. The van der Waals surface area contributed by atoms with Crippen LogP contribution in [0, 0.1) is 0 Å². The number of hydrogen-bond acceptors (Lipinski definition) is 3. The van der Waals surface area contributed by atoms with Crippen LogP contribution in [0.25, 0.3) is 13.2 Å². The monoisotopic (exact) mass is 152 g/mol. The van der Waals surface area contributed by atoms with E-state index in [9.17, 15) is 0 Å². The molecular weight excluding hydrogens is 144 g/mol. The van der Waals surface area contributed by atoms with E-state index in [0.717, 1.165) is 0 Å². The van der Waals surface area contributed by atoms with E-state index in [0.29, 0.717) is 0 Å². The summed E-state index contributed by atoms with van der Waals surface area (Å²) < 4.78 is 0. The Morgan fingerprint density at radius 1 is 1.00 bits per heavy atom. The number of phenols is 3. The lowest BCUT2D eigenvalue weighted by Gasteiger charge is -1.99. The second-order valence-corrected chi connectivity index (χ2v) is 2.23. The van der Waals surface area contributed by atoms with Crippen LogP contribution in [0.5, 0.6) is 17.2 Å². The van der Waals surface area contributed by atoms with E-state index in [-0.39, 0.29) is 21.9 Å². The minimum absolute atomic E-state index is 0.00917. The van der Waals surface area contributed by atoms with Crippen LogP contribution in [0.3, 0.4) is 0 Å². The van der Waals surface area contributed by atoms with Gasteiger partial charge in [-0.05, 0) is 6.07 Å². The molecule has 11 heavy (non-hydrogen) atoms. The van der Waals surface area contributed by atoms with Crippen LogP contribution in [0.4, 0.5) is 0 Å². The van der Waals surface area contributed by atoms with E-state index >= 15 is 0 Å². The molecule has 1 aromatic carbocycles. The molecule has 3 heteroatoms. The third-order valence-electron chi connectivity index (χ3n) is 1.43. The molecule has 1 rings (SSSR count). The molecule has 0 amide bonds. The molecule has 0 fully saturated rings. The van der Waals surface area contributed by atoms with Gasteiger partial charge in [0, 0.05) is 5.22 Å². The average Bonchev–Trinajstić information content (AvgIpc) is 1.97. The van der Waals surface area contributed by atoms with Crippen molar-refractivity contribution in [2.75, 3.05) is 0 Å². The first-order valence-corrected chi connectivity index (χ1v) is 2.96. The van der Waals surface area contributed by atoms with Gasteiger partial charge >= 0.3 is 0 Å². The molecule has 0 aromatic heterocycles. The lowest BCUT2D eigenvalue weighted by Crippen LogP contribution is -2.07. The first-order chi connectivity index (χ1) is 5.04. The number of aromatic hydroxyl groups is 3. The molecule has 0 radical (unpaired) electrons. The third kappa shape index (κ3) is 1.00. The van der Waals surface area contributed by atoms with Crippen LogP contribution in [0.2, 0.25) is 0 Å². The van der Waals surface area contributed by atoms with Gasteiger partial charge in [0.15, 0.2) is 11.5 Å². The largest absolute Gasteiger partial charge is 0.507 e. The zero-order chi connectivity index (χ0) is 8.59. The summed E-state index contributed by atoms with van der Waals surface area (Å²) >= 11 is 0. The maximum atomic E-state index is 9.06. The molecule has 3 N–H and O–H groups in total. The fourth-order valence-corrected chi connectivity index (χ4v) is 0.737. The summed E-state index contributed by atoms with van der Waals surface area (Å²) in [5.74, 6) is -0.937. The first-order valence-electron chi connectivity index (χ1n) is 2.96. The summed E-state index contributed by atoms with van der Waals surface area (Å²) in [5, 5.41) is 27.3. The van der Waals surface area contributed by atoms with Crippen molar-refractivity contribution >= 4 is 13.2 Å². The second-order valence-electron chi connectivity index (χ2n) is 2.23. The van der Waals surface area contributed by atoms with Gasteiger partial charge in [-0.3, -0.25) is 0 Å². The topological polar surface area (TPSA) is 60.7 Å². The minimum atomic E-state index is -0.421. The summed E-state index contributed by atoms with van der Waals surface area (Å²) in [7, 11) is 0. The Morgan fingerprint density at radius 3 is 2.09 bits per heavy atom. The van der Waals surface area contributed by atoms with Gasteiger partial charge in [-0.15, -0.1) is 0 Å². The summed E-state index contributed by atoms with van der Waals surface area (Å²) in [6.07, 6.45) is 0. The van der Waals surface area contributed by atoms with Gasteiger partial charge < -0.3 is 15.3 Å². The molecule has 58 valence electrons. The Labute approximate surface area is 63.2 Å². The Balaban J connectivity index is 3.73. The zero-order valence-electron chi connectivity index (χ0n) is 5.83. The van der Waals surface area contributed by atoms with Crippen molar-refractivity contribution in [1.82, 2.24) is 0 Å². The molecule has 0 atom stereocenters. The van der Waals surface area contributed by atoms with Crippen LogP contribution in [0.15, 0.2) is 6.07 Å². The van der Waals surface area contributed by atoms with Gasteiger partial charge in [-0.2, -0.15) is 0 Å². The number of benzene rings is 1. The van der Waals surface area contributed by atoms with Crippen molar-refractivity contribution in [2.45, 2.75) is 0 Å². The van der Waals surface area contributed by atoms with Crippen LogP contribution in [-0.2, 0) is 0 Å². The van der Waals surface area contributed by atoms with E-state index in [1.807, 2.05) is 0 Å². The number of rotatable bonds is 0. The quantitative estimate of drug-likeness (QED) is 0.351. The standard InChI is InChI=1S/C8H8O3/c1-4-3-6(9)5(2)8(11)7(4)10/h3,9-11H,1-2H2. The van der Waals surface area contributed by atoms with Crippen molar-refractivity contribution in [3.8, 4) is 17.2 Å². The van der Waals surface area contributed by atoms with Crippen LogP contribution in [0.1, 0.15) is 0 Å². The maximum absolute atomic E-state index is 9.06. The molecule has 0 heterocycles. The number of phenolic OH excluding ortho intramolecular Hbond substituents is 3. The van der Waals surface area contributed by atoms with E-state index in [1.165, 1.54) is 6.07 Å². The van der Waals surface area contributed by atoms with Crippen molar-refractivity contribution in [2.24, 2.45) is 0 Å². The van der Waals surface area contributed by atoms with Crippen LogP contribution >= 0.6 is 0 Å². The molecule has 0 spiro atoms. The summed E-state index contributed by atoms with van der Waals surface area (Å²) in [4.78, 5) is 0. The molecule has 0 saturated carbocycles. The molecular formula is C8H8O3. The van der Waals surface area contributed by atoms with E-state index in [1.54, 1.807) is 0 Å². The van der Waals surface area contributed by atoms with Gasteiger partial charge in [0.05, 0.1) is 5.22 Å². The highest BCUT2D eigenvalue weighted by molar-refractivity contribution is 5.47. The van der Waals surface area contributed by atoms with Crippen LogP contribution < -0.4 is 10.4 Å². The second kappa shape index (κ2) is 2.20. The van der Waals surface area contributed by atoms with E-state index in [4.69, 9.17) is 15.3 Å². The van der Waals surface area contributed by atoms with Crippen molar-refractivity contribution in [3.63, 3.8) is 0 Å². The molecule has 1 aromatic rings. The fraction of sp³-hybridized carbons (Fsp3) is 0. The Morgan fingerprint density at radius 2 is 1.55 bits per heavy atom. The highest BCUT2D eigenvalue weighted by Gasteiger charge is 2.03. The summed E-state index contributed by atoms with van der Waals surface area (Å²) in [6, 6.07) is 1.23. The van der Waals surface area contributed by atoms with Gasteiger partial charge in [0.1, 0.15) is 5.75 Å². The summed E-state index contributed by atoms with van der Waals surface area (Å²) in [5.41, 5.74) is 0. The zero-order valence-corrected chi connectivity index (χ0v) is 5.83. The molecule has 0 saturated heterocycles. The predicted octanol–water partition coefficient (Wildman–Crippen LogP) is -0.376. The Bertz CT molecular complexity index is 381. The van der Waals surface area contributed by atoms with Crippen molar-refractivity contribution in [1.29, 1.82) is 0 Å². The molecule has 3 nitrogen and oxygen atoms in total. The molecule has 0 aliphatic carbocycles. The Hall–Kier alpha value is -1.64. The molecule has 0 bridgehead atoms. The lowest BCUT2D eigenvalue weighted by atomic mass is 10.2. The first kappa shape index (κ1) is 7.47. The van der Waals surface area contributed by atoms with Crippen LogP contribution in [-0.4, -0.2) is 15.3 Å². The minimum Gasteiger partial charge on any atom is -0.507 e. The molecule has 0 unspecified atom stereocenters. The normalized spacial score (nSPS) is 9.82. The predicted molar refractivity (Wildman–Crippen MR) is 41.7 cm³/mol. The highest BCUT2D eigenvalue weighted by atomic mass is 16.3. The summed E-state index contributed by atoms with van der Waals surface area (Å²) in [6.45, 7) is 6.72. The van der Waals surface area contributed by atoms with Gasteiger partial charge in [0.2, 0.25) is 0 Å². The van der Waals surface area contributed by atoms with Gasteiger partial charge in [0.25, 0.3) is 0 Å². The molecule has 0 aliphatic rings. The van der Waals surface area contributed by atoms with Crippen molar-refractivity contribution < 1.29 is 15.3 Å². The van der Waals surface area contributed by atoms with Gasteiger partial charge in [-0.25, -0.2) is 0 Å². The lowest BCUT2D eigenvalue weighted by molar-refractivity contribution is 0.389. The average molecular weight is 152 g/mol. The van der Waals surface area contributed by atoms with Gasteiger partial charge in [-0.1, -0.05) is 13.2 Å². The highest BCUT2D eigenvalue weighted by Crippen LogP contribution is 2.16. The van der Waals surface area contributed by atoms with Crippen molar-refractivity contribution in [3.05, 3.63) is 16.5 Å². The third-order valence-corrected chi connectivity index (χ3v) is 1.43.